The quantitative estimate of drug-likeness (QED) is 0.726. The average molecular weight is 322 g/mol. The van der Waals surface area contributed by atoms with Crippen LogP contribution >= 0.6 is 11.8 Å². The van der Waals surface area contributed by atoms with E-state index in [9.17, 15) is 0 Å². The highest BCUT2D eigenvalue weighted by Crippen LogP contribution is 2.35. The molecule has 0 bridgehead atoms. The zero-order chi connectivity index (χ0) is 16.2. The van der Waals surface area contributed by atoms with Crippen molar-refractivity contribution in [3.63, 3.8) is 0 Å². The number of hydrogen-bond donors (Lipinski definition) is 1. The van der Waals surface area contributed by atoms with Crippen LogP contribution in [0.4, 0.5) is 17.2 Å². The van der Waals surface area contributed by atoms with E-state index in [0.717, 1.165) is 15.6 Å². The highest BCUT2D eigenvalue weighted by Gasteiger charge is 2.14. The lowest BCUT2D eigenvalue weighted by atomic mass is 10.2. The van der Waals surface area contributed by atoms with Crippen LogP contribution in [0.15, 0.2) is 70.8 Å². The van der Waals surface area contributed by atoms with Crippen LogP contribution in [-0.4, -0.2) is 17.0 Å². The largest absolute Gasteiger partial charge is 0.394 e. The van der Waals surface area contributed by atoms with Crippen LogP contribution in [0.2, 0.25) is 0 Å². The molecule has 0 amide bonds. The zero-order valence-electron chi connectivity index (χ0n) is 13.1. The van der Waals surface area contributed by atoms with E-state index in [1.807, 2.05) is 42.3 Å². The van der Waals surface area contributed by atoms with Crippen molar-refractivity contribution in [2.75, 3.05) is 17.7 Å². The highest BCUT2D eigenvalue weighted by atomic mass is 32.2. The van der Waals surface area contributed by atoms with Gasteiger partial charge in [0.1, 0.15) is 17.0 Å². The lowest BCUT2D eigenvalue weighted by molar-refractivity contribution is 1.02. The second kappa shape index (κ2) is 6.71. The first-order chi connectivity index (χ1) is 11.1. The van der Waals surface area contributed by atoms with Crippen molar-refractivity contribution in [2.24, 2.45) is 0 Å². The summed E-state index contributed by atoms with van der Waals surface area (Å²) in [5.74, 6) is 0.709. The summed E-state index contributed by atoms with van der Waals surface area (Å²) in [7, 11) is 1.95. The minimum Gasteiger partial charge on any atom is -0.394 e. The maximum absolute atomic E-state index is 6.31. The third-order valence-electron chi connectivity index (χ3n) is 3.52. The third kappa shape index (κ3) is 3.46. The Morgan fingerprint density at radius 2 is 1.65 bits per heavy atom. The SMILES string of the molecule is Cc1ccc(Sc2ncnc(N(C)c3ccccc3)c2N)cc1. The van der Waals surface area contributed by atoms with Gasteiger partial charge >= 0.3 is 0 Å². The molecule has 1 aromatic heterocycles. The van der Waals surface area contributed by atoms with Gasteiger partial charge in [-0.1, -0.05) is 47.7 Å². The number of rotatable bonds is 4. The summed E-state index contributed by atoms with van der Waals surface area (Å²) in [6, 6.07) is 18.3. The predicted molar refractivity (Wildman–Crippen MR) is 96.3 cm³/mol. The molecule has 3 rings (SSSR count). The van der Waals surface area contributed by atoms with E-state index in [0.29, 0.717) is 11.5 Å². The molecule has 3 aromatic rings. The van der Waals surface area contributed by atoms with Crippen molar-refractivity contribution in [2.45, 2.75) is 16.8 Å². The number of benzene rings is 2. The maximum atomic E-state index is 6.31. The van der Waals surface area contributed by atoms with E-state index in [2.05, 4.69) is 41.2 Å². The fraction of sp³-hybridized carbons (Fsp3) is 0.111. The summed E-state index contributed by atoms with van der Waals surface area (Å²) >= 11 is 1.55. The molecule has 23 heavy (non-hydrogen) atoms. The van der Waals surface area contributed by atoms with Crippen molar-refractivity contribution in [3.8, 4) is 0 Å². The van der Waals surface area contributed by atoms with E-state index in [1.165, 1.54) is 5.56 Å². The van der Waals surface area contributed by atoms with Crippen LogP contribution in [0, 0.1) is 6.92 Å². The molecule has 116 valence electrons. The average Bonchev–Trinajstić information content (AvgIpc) is 2.59. The maximum Gasteiger partial charge on any atom is 0.160 e. The number of anilines is 3. The first-order valence-corrected chi connectivity index (χ1v) is 8.10. The summed E-state index contributed by atoms with van der Waals surface area (Å²) in [6.07, 6.45) is 1.56. The summed E-state index contributed by atoms with van der Waals surface area (Å²) in [4.78, 5) is 11.8. The number of nitrogens with zero attached hydrogens (tertiary/aromatic N) is 3. The molecule has 2 aromatic carbocycles. The number of nitrogen functional groups attached to an aromatic ring is 1. The summed E-state index contributed by atoms with van der Waals surface area (Å²) < 4.78 is 0. The highest BCUT2D eigenvalue weighted by molar-refractivity contribution is 7.99. The minimum atomic E-state index is 0.587. The van der Waals surface area contributed by atoms with Gasteiger partial charge in [0.2, 0.25) is 0 Å². The number of aromatic nitrogens is 2. The smallest absolute Gasteiger partial charge is 0.160 e. The molecule has 0 aliphatic carbocycles. The normalized spacial score (nSPS) is 10.5. The molecule has 0 spiro atoms. The molecule has 0 aliphatic heterocycles. The van der Waals surface area contributed by atoms with Crippen LogP contribution in [0.3, 0.4) is 0 Å². The number of aryl methyl sites for hydroxylation is 1. The standard InChI is InChI=1S/C18H18N4S/c1-13-8-10-15(11-9-13)23-18-16(19)17(20-12-21-18)22(2)14-6-4-3-5-7-14/h3-12H,19H2,1-2H3. The Kier molecular flexibility index (Phi) is 4.48. The second-order valence-electron chi connectivity index (χ2n) is 5.23. The minimum absolute atomic E-state index is 0.587. The van der Waals surface area contributed by atoms with Crippen molar-refractivity contribution < 1.29 is 0 Å². The molecule has 1 heterocycles. The lowest BCUT2D eigenvalue weighted by Gasteiger charge is -2.20. The molecule has 0 saturated heterocycles. The predicted octanol–water partition coefficient (Wildman–Crippen LogP) is 4.29. The Labute approximate surface area is 140 Å². The summed E-state index contributed by atoms with van der Waals surface area (Å²) in [5, 5.41) is 0.765. The first kappa shape index (κ1) is 15.4. The van der Waals surface area contributed by atoms with Gasteiger partial charge < -0.3 is 10.6 Å². The van der Waals surface area contributed by atoms with Crippen molar-refractivity contribution in [1.82, 2.24) is 9.97 Å². The van der Waals surface area contributed by atoms with Gasteiger partial charge in [0.05, 0.1) is 0 Å². The molecular formula is C18H18N4S. The number of nitrogens with two attached hydrogens (primary N) is 1. The van der Waals surface area contributed by atoms with E-state index >= 15 is 0 Å². The molecule has 5 heteroatoms. The van der Waals surface area contributed by atoms with Gasteiger partial charge in [-0.2, -0.15) is 0 Å². The second-order valence-corrected chi connectivity index (χ2v) is 6.29. The lowest BCUT2D eigenvalue weighted by Crippen LogP contribution is -2.14. The fourth-order valence-electron chi connectivity index (χ4n) is 2.21. The van der Waals surface area contributed by atoms with Crippen molar-refractivity contribution in [1.29, 1.82) is 0 Å². The number of hydrogen-bond acceptors (Lipinski definition) is 5. The molecule has 4 nitrogen and oxygen atoms in total. The van der Waals surface area contributed by atoms with E-state index in [4.69, 9.17) is 5.73 Å². The van der Waals surface area contributed by atoms with Crippen LogP contribution in [0.1, 0.15) is 5.56 Å². The Balaban J connectivity index is 1.90. The van der Waals surface area contributed by atoms with E-state index < -0.39 is 0 Å². The molecule has 0 atom stereocenters. The summed E-state index contributed by atoms with van der Waals surface area (Å²) in [6.45, 7) is 2.07. The molecule has 0 unspecified atom stereocenters. The molecule has 2 N–H and O–H groups in total. The van der Waals surface area contributed by atoms with E-state index in [1.54, 1.807) is 18.1 Å². The van der Waals surface area contributed by atoms with Gasteiger partial charge in [0.25, 0.3) is 0 Å². The Bertz CT molecular complexity index is 788. The molecular weight excluding hydrogens is 304 g/mol. The van der Waals surface area contributed by atoms with Crippen LogP contribution in [0.5, 0.6) is 0 Å². The topological polar surface area (TPSA) is 55.0 Å². The van der Waals surface area contributed by atoms with Gasteiger partial charge in [0.15, 0.2) is 5.82 Å². The van der Waals surface area contributed by atoms with Gasteiger partial charge in [-0.25, -0.2) is 9.97 Å². The van der Waals surface area contributed by atoms with E-state index in [-0.39, 0.29) is 0 Å². The van der Waals surface area contributed by atoms with Crippen molar-refractivity contribution >= 4 is 29.0 Å². The van der Waals surface area contributed by atoms with Gasteiger partial charge in [-0.05, 0) is 31.2 Å². The molecule has 0 fully saturated rings. The van der Waals surface area contributed by atoms with Crippen LogP contribution in [0.25, 0.3) is 0 Å². The molecule has 0 saturated carbocycles. The number of para-hydroxylation sites is 1. The van der Waals surface area contributed by atoms with Crippen LogP contribution in [-0.2, 0) is 0 Å². The molecule has 0 radical (unpaired) electrons. The summed E-state index contributed by atoms with van der Waals surface area (Å²) in [5.41, 5.74) is 9.16. The van der Waals surface area contributed by atoms with Crippen LogP contribution < -0.4 is 10.6 Å². The zero-order valence-corrected chi connectivity index (χ0v) is 13.9. The van der Waals surface area contributed by atoms with Gasteiger partial charge in [0, 0.05) is 17.6 Å². The monoisotopic (exact) mass is 322 g/mol. The fourth-order valence-corrected chi connectivity index (χ4v) is 3.01. The third-order valence-corrected chi connectivity index (χ3v) is 4.55. The Hall–Kier alpha value is -2.53. The van der Waals surface area contributed by atoms with Crippen molar-refractivity contribution in [3.05, 3.63) is 66.5 Å². The first-order valence-electron chi connectivity index (χ1n) is 7.29. The Morgan fingerprint density at radius 3 is 2.35 bits per heavy atom. The van der Waals surface area contributed by atoms with Gasteiger partial charge in [-0.3, -0.25) is 0 Å². The Morgan fingerprint density at radius 1 is 0.957 bits per heavy atom. The van der Waals surface area contributed by atoms with Gasteiger partial charge in [-0.15, -0.1) is 0 Å². The molecule has 0 aliphatic rings.